The number of hydrogen-bond donors (Lipinski definition) is 2. The summed E-state index contributed by atoms with van der Waals surface area (Å²) >= 11 is 6.15. The van der Waals surface area contributed by atoms with Crippen LogP contribution in [0.2, 0.25) is 5.02 Å². The minimum Gasteiger partial charge on any atom is -0.322 e. The highest BCUT2D eigenvalue weighted by Crippen LogP contribution is 2.30. The molecular formula is C21H21ClN4O5S. The normalized spacial score (nSPS) is 17.3. The zero-order chi connectivity index (χ0) is 22.9. The molecular weight excluding hydrogens is 456 g/mol. The number of sulfonamides is 1. The summed E-state index contributed by atoms with van der Waals surface area (Å²) < 4.78 is 27.1. The third kappa shape index (κ3) is 4.47. The molecule has 0 aromatic heterocycles. The maximum absolute atomic E-state index is 12.9. The molecule has 0 radical (unpaired) electrons. The molecule has 2 heterocycles. The minimum atomic E-state index is -3.74. The second kappa shape index (κ2) is 8.89. The van der Waals surface area contributed by atoms with Crippen molar-refractivity contribution >= 4 is 50.7 Å². The van der Waals surface area contributed by atoms with E-state index in [-0.39, 0.29) is 34.6 Å². The monoisotopic (exact) mass is 476 g/mol. The summed E-state index contributed by atoms with van der Waals surface area (Å²) in [5.74, 6) is -0.957. The molecule has 2 aromatic carbocycles. The zero-order valence-electron chi connectivity index (χ0n) is 17.0. The van der Waals surface area contributed by atoms with Crippen LogP contribution in [0.4, 0.5) is 11.4 Å². The van der Waals surface area contributed by atoms with E-state index in [1.807, 2.05) is 0 Å². The number of hydrogen-bond acceptors (Lipinski definition) is 5. The topological polar surface area (TPSA) is 116 Å². The van der Waals surface area contributed by atoms with Gasteiger partial charge in [0.15, 0.2) is 0 Å². The van der Waals surface area contributed by atoms with Crippen molar-refractivity contribution in [1.82, 2.24) is 9.73 Å². The number of benzene rings is 2. The Morgan fingerprint density at radius 3 is 2.38 bits per heavy atom. The Bertz CT molecular complexity index is 1180. The van der Waals surface area contributed by atoms with Gasteiger partial charge in [0.05, 0.1) is 10.7 Å². The van der Waals surface area contributed by atoms with Gasteiger partial charge in [-0.05, 0) is 55.3 Å². The number of anilines is 2. The Balaban J connectivity index is 1.50. The summed E-state index contributed by atoms with van der Waals surface area (Å²) in [4.78, 5) is 36.2. The number of nitrogens with one attached hydrogen (secondary N) is 2. The molecule has 32 heavy (non-hydrogen) atoms. The molecule has 0 unspecified atom stereocenters. The third-order valence-electron chi connectivity index (χ3n) is 5.31. The van der Waals surface area contributed by atoms with Crippen LogP contribution in [0.5, 0.6) is 0 Å². The molecule has 9 nitrogen and oxygen atoms in total. The number of halogens is 1. The van der Waals surface area contributed by atoms with Crippen molar-refractivity contribution in [3.05, 3.63) is 53.1 Å². The standard InChI is InChI=1S/C21H21ClN4O5S/c22-17-8-5-15(13-18(17)32(30,31)25-11-1-2-12-25)23-21(29)14-3-6-16(7-4-14)26-20(28)10-9-19(27)24-26/h3-8,13H,1-2,9-12H2,(H,23,29)(H,24,27). The van der Waals surface area contributed by atoms with E-state index in [0.717, 1.165) is 17.9 Å². The molecule has 3 amide bonds. The summed E-state index contributed by atoms with van der Waals surface area (Å²) in [6.07, 6.45) is 1.87. The first-order valence-electron chi connectivity index (χ1n) is 10.1. The lowest BCUT2D eigenvalue weighted by molar-refractivity contribution is -0.130. The molecule has 2 aromatic rings. The van der Waals surface area contributed by atoms with Crippen molar-refractivity contribution in [3.8, 4) is 0 Å². The molecule has 0 spiro atoms. The average molecular weight is 477 g/mol. The van der Waals surface area contributed by atoms with E-state index >= 15 is 0 Å². The second-order valence-electron chi connectivity index (χ2n) is 7.52. The summed E-state index contributed by atoms with van der Waals surface area (Å²) in [6, 6.07) is 10.4. The van der Waals surface area contributed by atoms with Gasteiger partial charge in [-0.25, -0.2) is 13.4 Å². The average Bonchev–Trinajstić information content (AvgIpc) is 3.33. The highest BCUT2D eigenvalue weighted by atomic mass is 35.5. The van der Waals surface area contributed by atoms with E-state index in [4.69, 9.17) is 11.6 Å². The summed E-state index contributed by atoms with van der Waals surface area (Å²) in [6.45, 7) is 0.892. The highest BCUT2D eigenvalue weighted by Gasteiger charge is 2.29. The van der Waals surface area contributed by atoms with Crippen LogP contribution in [0.15, 0.2) is 47.4 Å². The zero-order valence-corrected chi connectivity index (χ0v) is 18.6. The molecule has 2 N–H and O–H groups in total. The van der Waals surface area contributed by atoms with Crippen LogP contribution in [0.1, 0.15) is 36.0 Å². The third-order valence-corrected chi connectivity index (χ3v) is 7.69. The van der Waals surface area contributed by atoms with Crippen LogP contribution in [0.25, 0.3) is 0 Å². The van der Waals surface area contributed by atoms with E-state index < -0.39 is 15.9 Å². The number of rotatable bonds is 5. The summed E-state index contributed by atoms with van der Waals surface area (Å²) in [7, 11) is -3.74. The number of hydrazine groups is 1. The van der Waals surface area contributed by atoms with Gasteiger partial charge < -0.3 is 5.32 Å². The quantitative estimate of drug-likeness (QED) is 0.688. The van der Waals surface area contributed by atoms with Crippen LogP contribution in [-0.4, -0.2) is 43.5 Å². The van der Waals surface area contributed by atoms with Crippen molar-refractivity contribution in [2.24, 2.45) is 0 Å². The summed E-state index contributed by atoms with van der Waals surface area (Å²) in [5.41, 5.74) is 3.51. The molecule has 4 rings (SSSR count). The Kier molecular flexibility index (Phi) is 6.18. The molecule has 0 atom stereocenters. The van der Waals surface area contributed by atoms with Crippen LogP contribution in [-0.2, 0) is 19.6 Å². The molecule has 0 aliphatic carbocycles. The van der Waals surface area contributed by atoms with Gasteiger partial charge in [0.1, 0.15) is 4.90 Å². The number of carbonyl (C=O) groups excluding carboxylic acids is 3. The molecule has 0 bridgehead atoms. The van der Waals surface area contributed by atoms with E-state index in [0.29, 0.717) is 30.0 Å². The van der Waals surface area contributed by atoms with E-state index in [1.54, 1.807) is 12.1 Å². The van der Waals surface area contributed by atoms with Crippen molar-refractivity contribution in [2.45, 2.75) is 30.6 Å². The Hall–Kier alpha value is -2.95. The molecule has 2 fully saturated rings. The van der Waals surface area contributed by atoms with E-state index in [9.17, 15) is 22.8 Å². The summed E-state index contributed by atoms with van der Waals surface area (Å²) in [5, 5.41) is 3.92. The van der Waals surface area contributed by atoms with Gasteiger partial charge in [-0.1, -0.05) is 11.6 Å². The van der Waals surface area contributed by atoms with Crippen LogP contribution in [0.3, 0.4) is 0 Å². The van der Waals surface area contributed by atoms with Crippen molar-refractivity contribution in [2.75, 3.05) is 23.4 Å². The fourth-order valence-electron chi connectivity index (χ4n) is 3.60. The number of nitrogens with zero attached hydrogens (tertiary/aromatic N) is 2. The maximum atomic E-state index is 12.9. The molecule has 2 saturated heterocycles. The smallest absolute Gasteiger partial charge is 0.255 e. The lowest BCUT2D eigenvalue weighted by Gasteiger charge is -2.27. The van der Waals surface area contributed by atoms with Gasteiger partial charge in [0.2, 0.25) is 21.8 Å². The maximum Gasteiger partial charge on any atom is 0.255 e. The van der Waals surface area contributed by atoms with Crippen molar-refractivity contribution in [1.29, 1.82) is 0 Å². The van der Waals surface area contributed by atoms with Crippen molar-refractivity contribution in [3.63, 3.8) is 0 Å². The molecule has 2 aliphatic heterocycles. The first-order chi connectivity index (χ1) is 15.3. The predicted octanol–water partition coefficient (Wildman–Crippen LogP) is 2.53. The van der Waals surface area contributed by atoms with E-state index in [2.05, 4.69) is 10.7 Å². The predicted molar refractivity (Wildman–Crippen MR) is 119 cm³/mol. The lowest BCUT2D eigenvalue weighted by atomic mass is 10.1. The molecule has 2 aliphatic rings. The van der Waals surface area contributed by atoms with Crippen molar-refractivity contribution < 1.29 is 22.8 Å². The van der Waals surface area contributed by atoms with Gasteiger partial charge in [-0.2, -0.15) is 4.31 Å². The Morgan fingerprint density at radius 1 is 1.00 bits per heavy atom. The first kappa shape index (κ1) is 22.3. The Labute approximate surface area is 190 Å². The van der Waals surface area contributed by atoms with Crippen LogP contribution in [0, 0.1) is 0 Å². The lowest BCUT2D eigenvalue weighted by Crippen LogP contribution is -2.50. The largest absolute Gasteiger partial charge is 0.322 e. The molecule has 11 heteroatoms. The minimum absolute atomic E-state index is 0.0476. The van der Waals surface area contributed by atoms with Gasteiger partial charge in [0, 0.05) is 37.2 Å². The van der Waals surface area contributed by atoms with Crippen LogP contribution < -0.4 is 15.8 Å². The first-order valence-corrected chi connectivity index (χ1v) is 11.9. The highest BCUT2D eigenvalue weighted by molar-refractivity contribution is 7.89. The molecule has 0 saturated carbocycles. The fraction of sp³-hybridized carbons (Fsp3) is 0.286. The van der Waals surface area contributed by atoms with E-state index in [1.165, 1.54) is 34.6 Å². The van der Waals surface area contributed by atoms with Gasteiger partial charge in [-0.15, -0.1) is 0 Å². The van der Waals surface area contributed by atoms with Gasteiger partial charge in [-0.3, -0.25) is 19.8 Å². The number of amides is 3. The fourth-order valence-corrected chi connectivity index (χ4v) is 5.61. The number of carbonyl (C=O) groups is 3. The van der Waals surface area contributed by atoms with Gasteiger partial charge >= 0.3 is 0 Å². The second-order valence-corrected chi connectivity index (χ2v) is 9.84. The SMILES string of the molecule is O=C1CCC(=O)N(c2ccc(C(=O)Nc3ccc(Cl)c(S(=O)(=O)N4CCCC4)c3)cc2)N1. The van der Waals surface area contributed by atoms with Gasteiger partial charge in [0.25, 0.3) is 5.91 Å². The Morgan fingerprint density at radius 2 is 1.69 bits per heavy atom. The van der Waals surface area contributed by atoms with Crippen LogP contribution >= 0.6 is 11.6 Å². The molecule has 168 valence electrons.